The van der Waals surface area contributed by atoms with Crippen molar-refractivity contribution in [2.75, 3.05) is 0 Å². The molecule has 28 heavy (non-hydrogen) atoms. The summed E-state index contributed by atoms with van der Waals surface area (Å²) in [5.41, 5.74) is 3.21. The van der Waals surface area contributed by atoms with Gasteiger partial charge in [-0.05, 0) is 67.0 Å². The molecule has 1 fully saturated rings. The van der Waals surface area contributed by atoms with Gasteiger partial charge in [0.1, 0.15) is 5.82 Å². The van der Waals surface area contributed by atoms with E-state index >= 15 is 0 Å². The van der Waals surface area contributed by atoms with Gasteiger partial charge in [0.25, 0.3) is 0 Å². The van der Waals surface area contributed by atoms with Gasteiger partial charge in [-0.1, -0.05) is 81.6 Å². The average molecular weight is 377 g/mol. The molecule has 0 radical (unpaired) electrons. The Hall–Kier alpha value is -2.07. The van der Waals surface area contributed by atoms with Gasteiger partial charge in [0.15, 0.2) is 0 Å². The molecule has 0 aliphatic heterocycles. The molecule has 0 nitrogen and oxygen atoms in total. The molecule has 1 saturated carbocycles. The van der Waals surface area contributed by atoms with E-state index in [4.69, 9.17) is 0 Å². The quantitative estimate of drug-likeness (QED) is 0.339. The molecule has 0 unspecified atom stereocenters. The van der Waals surface area contributed by atoms with Crippen LogP contribution >= 0.6 is 0 Å². The van der Waals surface area contributed by atoms with Crippen molar-refractivity contribution in [1.82, 2.24) is 0 Å². The first-order valence-corrected chi connectivity index (χ1v) is 11.1. The summed E-state index contributed by atoms with van der Waals surface area (Å²) in [7, 11) is 0. The van der Waals surface area contributed by atoms with Crippen molar-refractivity contribution < 1.29 is 4.39 Å². The average Bonchev–Trinajstić information content (AvgIpc) is 2.74. The van der Waals surface area contributed by atoms with Crippen LogP contribution in [0.1, 0.15) is 76.7 Å². The van der Waals surface area contributed by atoms with E-state index in [1.54, 1.807) is 0 Å². The summed E-state index contributed by atoms with van der Waals surface area (Å²) in [5.74, 6) is 8.19. The van der Waals surface area contributed by atoms with Crippen molar-refractivity contribution >= 4 is 0 Å². The van der Waals surface area contributed by atoms with E-state index in [2.05, 4.69) is 43.0 Å². The molecule has 148 valence electrons. The van der Waals surface area contributed by atoms with Gasteiger partial charge < -0.3 is 0 Å². The van der Waals surface area contributed by atoms with Crippen molar-refractivity contribution in [2.24, 2.45) is 11.8 Å². The number of halogens is 1. The molecule has 0 bridgehead atoms. The van der Waals surface area contributed by atoms with Gasteiger partial charge in [-0.3, -0.25) is 0 Å². The fourth-order valence-electron chi connectivity index (χ4n) is 4.21. The van der Waals surface area contributed by atoms with Crippen LogP contribution in [0.4, 0.5) is 4.39 Å². The lowest BCUT2D eigenvalue weighted by Gasteiger charge is -2.25. The van der Waals surface area contributed by atoms with Gasteiger partial charge in [-0.25, -0.2) is 4.39 Å². The highest BCUT2D eigenvalue weighted by Crippen LogP contribution is 2.32. The molecular weight excluding hydrogens is 343 g/mol. The molecule has 3 rings (SSSR count). The summed E-state index contributed by atoms with van der Waals surface area (Å²) in [6.07, 6.45) is 13.6. The van der Waals surface area contributed by atoms with Gasteiger partial charge in [0, 0.05) is 11.5 Å². The second-order valence-electron chi connectivity index (χ2n) is 8.27. The second-order valence-corrected chi connectivity index (χ2v) is 8.27. The zero-order valence-electron chi connectivity index (χ0n) is 17.2. The smallest absolute Gasteiger partial charge is 0.123 e. The summed E-state index contributed by atoms with van der Waals surface area (Å²) in [6.45, 7) is 2.28. The predicted octanol–water partition coefficient (Wildman–Crippen LogP) is 8.01. The number of benzene rings is 2. The summed E-state index contributed by atoms with van der Waals surface area (Å²) >= 11 is 0. The first-order chi connectivity index (χ1) is 13.7. The Kier molecular flexibility index (Phi) is 8.16. The largest absolute Gasteiger partial charge is 0.207 e. The minimum atomic E-state index is -0.197. The first-order valence-electron chi connectivity index (χ1n) is 11.1. The van der Waals surface area contributed by atoms with Crippen LogP contribution in [0.2, 0.25) is 0 Å². The molecule has 0 spiro atoms. The maximum atomic E-state index is 13.1. The predicted molar refractivity (Wildman–Crippen MR) is 118 cm³/mol. The van der Waals surface area contributed by atoms with E-state index in [-0.39, 0.29) is 5.82 Å². The molecule has 0 atom stereocenters. The Labute approximate surface area is 170 Å². The maximum absolute atomic E-state index is 13.1. The molecule has 0 aromatic heterocycles. The van der Waals surface area contributed by atoms with Crippen molar-refractivity contribution in [1.29, 1.82) is 0 Å². The number of hydrogen-bond donors (Lipinski definition) is 0. The molecule has 2 aromatic carbocycles. The van der Waals surface area contributed by atoms with Gasteiger partial charge in [-0.2, -0.15) is 0 Å². The highest BCUT2D eigenvalue weighted by Gasteiger charge is 2.19. The molecule has 1 aliphatic rings. The molecule has 1 aliphatic carbocycles. The lowest BCUT2D eigenvalue weighted by Crippen LogP contribution is -2.13. The van der Waals surface area contributed by atoms with Gasteiger partial charge in [-0.15, -0.1) is 0 Å². The molecule has 0 amide bonds. The Bertz CT molecular complexity index is 753. The fourth-order valence-corrected chi connectivity index (χ4v) is 4.21. The van der Waals surface area contributed by atoms with Crippen LogP contribution in [-0.2, 0) is 0 Å². The third-order valence-corrected chi connectivity index (χ3v) is 6.05. The van der Waals surface area contributed by atoms with E-state index < -0.39 is 0 Å². The Morgan fingerprint density at radius 2 is 1.39 bits per heavy atom. The zero-order valence-corrected chi connectivity index (χ0v) is 17.2. The number of unbranched alkanes of at least 4 members (excludes halogenated alkanes) is 4. The van der Waals surface area contributed by atoms with Crippen molar-refractivity contribution in [3.8, 4) is 23.0 Å². The monoisotopic (exact) mass is 376 g/mol. The SMILES string of the molecule is CCCCCCCC1CCC(C#Cc2ccc(-c3ccc(F)cc3)cc2)CC1. The van der Waals surface area contributed by atoms with Crippen LogP contribution < -0.4 is 0 Å². The maximum Gasteiger partial charge on any atom is 0.123 e. The highest BCUT2D eigenvalue weighted by atomic mass is 19.1. The summed E-state index contributed by atoms with van der Waals surface area (Å²) in [6, 6.07) is 15.0. The molecule has 1 heteroatoms. The van der Waals surface area contributed by atoms with E-state index in [1.165, 1.54) is 76.3 Å². The summed E-state index contributed by atoms with van der Waals surface area (Å²) in [4.78, 5) is 0. The Morgan fingerprint density at radius 3 is 2.04 bits per heavy atom. The number of rotatable bonds is 7. The van der Waals surface area contributed by atoms with Gasteiger partial charge >= 0.3 is 0 Å². The third kappa shape index (κ3) is 6.52. The highest BCUT2D eigenvalue weighted by molar-refractivity contribution is 5.64. The first kappa shape index (κ1) is 20.7. The molecule has 0 heterocycles. The molecular formula is C27H33F. The Morgan fingerprint density at radius 1 is 0.786 bits per heavy atom. The van der Waals surface area contributed by atoms with E-state index in [0.29, 0.717) is 5.92 Å². The summed E-state index contributed by atoms with van der Waals surface area (Å²) in [5, 5.41) is 0. The fraction of sp³-hybridized carbons (Fsp3) is 0.481. The molecule has 0 saturated heterocycles. The van der Waals surface area contributed by atoms with Crippen molar-refractivity contribution in [3.63, 3.8) is 0 Å². The van der Waals surface area contributed by atoms with E-state index in [1.807, 2.05) is 12.1 Å². The van der Waals surface area contributed by atoms with E-state index in [0.717, 1.165) is 22.6 Å². The van der Waals surface area contributed by atoms with Crippen molar-refractivity contribution in [3.05, 3.63) is 59.9 Å². The van der Waals surface area contributed by atoms with Crippen LogP contribution in [0.15, 0.2) is 48.5 Å². The zero-order chi connectivity index (χ0) is 19.6. The van der Waals surface area contributed by atoms with Crippen LogP contribution in [0.25, 0.3) is 11.1 Å². The number of hydrogen-bond acceptors (Lipinski definition) is 0. The lowest BCUT2D eigenvalue weighted by atomic mass is 9.80. The van der Waals surface area contributed by atoms with E-state index in [9.17, 15) is 4.39 Å². The second kappa shape index (κ2) is 11.1. The Balaban J connectivity index is 1.44. The third-order valence-electron chi connectivity index (χ3n) is 6.05. The van der Waals surface area contributed by atoms with Crippen molar-refractivity contribution in [2.45, 2.75) is 71.1 Å². The van der Waals surface area contributed by atoms with Gasteiger partial charge in [0.2, 0.25) is 0 Å². The molecule has 2 aromatic rings. The molecule has 0 N–H and O–H groups in total. The van der Waals surface area contributed by atoms with Crippen LogP contribution in [0.3, 0.4) is 0 Å². The van der Waals surface area contributed by atoms with Crippen LogP contribution in [-0.4, -0.2) is 0 Å². The summed E-state index contributed by atoms with van der Waals surface area (Å²) < 4.78 is 13.1. The van der Waals surface area contributed by atoms with Crippen LogP contribution in [0.5, 0.6) is 0 Å². The van der Waals surface area contributed by atoms with Gasteiger partial charge in [0.05, 0.1) is 0 Å². The topological polar surface area (TPSA) is 0 Å². The standard InChI is InChI=1S/C27H33F/c1-2-3-4-5-6-7-22-8-10-23(11-9-22)12-13-24-14-16-25(17-15-24)26-18-20-27(28)21-19-26/h14-23H,2-11H2,1H3. The normalized spacial score (nSPS) is 19.1. The lowest BCUT2D eigenvalue weighted by molar-refractivity contribution is 0.294. The minimum absolute atomic E-state index is 0.197. The minimum Gasteiger partial charge on any atom is -0.207 e. The van der Waals surface area contributed by atoms with Crippen LogP contribution in [0, 0.1) is 29.5 Å².